The first-order valence-corrected chi connectivity index (χ1v) is 7.99. The van der Waals surface area contributed by atoms with Gasteiger partial charge in [0.05, 0.1) is 5.56 Å². The van der Waals surface area contributed by atoms with Crippen LogP contribution in [0.15, 0.2) is 42.6 Å². The van der Waals surface area contributed by atoms with Gasteiger partial charge in [0.15, 0.2) is 13.2 Å². The quantitative estimate of drug-likeness (QED) is 0.743. The zero-order valence-electron chi connectivity index (χ0n) is 14.4. The van der Waals surface area contributed by atoms with Crippen molar-refractivity contribution >= 4 is 17.6 Å². The van der Waals surface area contributed by atoms with Crippen molar-refractivity contribution in [2.75, 3.05) is 18.5 Å². The number of amides is 1. The Labute approximate surface area is 153 Å². The van der Waals surface area contributed by atoms with Crippen molar-refractivity contribution in [1.82, 2.24) is 4.98 Å². The summed E-state index contributed by atoms with van der Waals surface area (Å²) in [5, 5.41) is 2.65. The fraction of sp³-hybridized carbons (Fsp3) is 0.278. The molecule has 0 unspecified atom stereocenters. The van der Waals surface area contributed by atoms with Crippen molar-refractivity contribution in [2.24, 2.45) is 0 Å². The maximum Gasteiger partial charge on any atom is 0.422 e. The average Bonchev–Trinajstić information content (AvgIpc) is 2.64. The van der Waals surface area contributed by atoms with Crippen LogP contribution < -0.4 is 10.1 Å². The minimum Gasteiger partial charge on any atom is -0.468 e. The van der Waals surface area contributed by atoms with E-state index < -0.39 is 31.3 Å². The molecule has 1 heterocycles. The van der Waals surface area contributed by atoms with Gasteiger partial charge in [-0.1, -0.05) is 25.1 Å². The molecule has 0 aliphatic heterocycles. The number of aryl methyl sites for hydroxylation is 1. The highest BCUT2D eigenvalue weighted by Crippen LogP contribution is 2.17. The maximum absolute atomic E-state index is 12.1. The van der Waals surface area contributed by atoms with E-state index in [4.69, 9.17) is 4.74 Å². The van der Waals surface area contributed by atoms with Crippen molar-refractivity contribution in [3.63, 3.8) is 0 Å². The number of carbonyl (C=O) groups excluding carboxylic acids is 2. The van der Waals surface area contributed by atoms with Crippen LogP contribution in [-0.4, -0.2) is 36.3 Å². The lowest BCUT2D eigenvalue weighted by molar-refractivity contribution is -0.154. The van der Waals surface area contributed by atoms with Gasteiger partial charge in [0, 0.05) is 18.0 Å². The van der Waals surface area contributed by atoms with Crippen LogP contribution in [-0.2, 0) is 16.0 Å². The van der Waals surface area contributed by atoms with E-state index >= 15 is 0 Å². The second-order valence-corrected chi connectivity index (χ2v) is 5.42. The van der Waals surface area contributed by atoms with Gasteiger partial charge >= 0.3 is 12.1 Å². The second-order valence-electron chi connectivity index (χ2n) is 5.42. The van der Waals surface area contributed by atoms with Crippen LogP contribution in [0.3, 0.4) is 0 Å². The lowest BCUT2D eigenvalue weighted by Gasteiger charge is -2.10. The average molecular weight is 382 g/mol. The van der Waals surface area contributed by atoms with Crippen LogP contribution >= 0.6 is 0 Å². The molecule has 0 spiro atoms. The lowest BCUT2D eigenvalue weighted by Crippen LogP contribution is -2.21. The van der Waals surface area contributed by atoms with E-state index in [1.54, 1.807) is 12.1 Å². The summed E-state index contributed by atoms with van der Waals surface area (Å²) in [4.78, 5) is 27.4. The molecule has 9 heteroatoms. The Kier molecular flexibility index (Phi) is 6.75. The summed E-state index contributed by atoms with van der Waals surface area (Å²) in [6, 6.07) is 9.54. The molecule has 0 fully saturated rings. The number of anilines is 1. The molecule has 1 aromatic carbocycles. The summed E-state index contributed by atoms with van der Waals surface area (Å²) in [6.07, 6.45) is -2.74. The second kappa shape index (κ2) is 9.02. The fourth-order valence-corrected chi connectivity index (χ4v) is 2.09. The van der Waals surface area contributed by atoms with Crippen LogP contribution in [0.4, 0.5) is 18.9 Å². The Morgan fingerprint density at radius 3 is 2.52 bits per heavy atom. The van der Waals surface area contributed by atoms with E-state index in [1.807, 2.05) is 19.1 Å². The van der Waals surface area contributed by atoms with Gasteiger partial charge in [0.1, 0.15) is 0 Å². The predicted octanol–water partition coefficient (Wildman–Crippen LogP) is 3.38. The first-order valence-electron chi connectivity index (χ1n) is 7.99. The largest absolute Gasteiger partial charge is 0.468 e. The lowest BCUT2D eigenvalue weighted by atomic mass is 10.1. The number of alkyl halides is 3. The Balaban J connectivity index is 1.85. The Morgan fingerprint density at radius 2 is 1.89 bits per heavy atom. The minimum absolute atomic E-state index is 0.0175. The highest BCUT2D eigenvalue weighted by atomic mass is 19.4. The van der Waals surface area contributed by atoms with Crippen LogP contribution in [0, 0.1) is 0 Å². The predicted molar refractivity (Wildman–Crippen MR) is 90.5 cm³/mol. The number of carbonyl (C=O) groups is 2. The third-order valence-electron chi connectivity index (χ3n) is 3.36. The van der Waals surface area contributed by atoms with Crippen molar-refractivity contribution in [1.29, 1.82) is 0 Å². The van der Waals surface area contributed by atoms with Crippen molar-refractivity contribution in [3.05, 3.63) is 53.7 Å². The molecule has 0 saturated carbocycles. The van der Waals surface area contributed by atoms with Gasteiger partial charge in [-0.15, -0.1) is 0 Å². The molecule has 0 radical (unpaired) electrons. The number of benzene rings is 1. The highest BCUT2D eigenvalue weighted by molar-refractivity contribution is 5.95. The van der Waals surface area contributed by atoms with Gasteiger partial charge < -0.3 is 14.8 Å². The molecule has 2 rings (SSSR count). The smallest absolute Gasteiger partial charge is 0.422 e. The third kappa shape index (κ3) is 6.61. The monoisotopic (exact) mass is 382 g/mol. The molecule has 0 bridgehead atoms. The van der Waals surface area contributed by atoms with Crippen molar-refractivity contribution in [3.8, 4) is 5.88 Å². The molecule has 144 valence electrons. The van der Waals surface area contributed by atoms with Gasteiger partial charge in [-0.05, 0) is 24.1 Å². The summed E-state index contributed by atoms with van der Waals surface area (Å²) in [5.74, 6) is -1.62. The molecular weight excluding hydrogens is 365 g/mol. The summed E-state index contributed by atoms with van der Waals surface area (Å²) in [6.45, 7) is -0.0491. The number of aromatic nitrogens is 1. The van der Waals surface area contributed by atoms with Crippen LogP contribution in [0.2, 0.25) is 0 Å². The third-order valence-corrected chi connectivity index (χ3v) is 3.36. The molecule has 6 nitrogen and oxygen atoms in total. The molecule has 27 heavy (non-hydrogen) atoms. The van der Waals surface area contributed by atoms with Crippen molar-refractivity contribution in [2.45, 2.75) is 19.5 Å². The molecule has 1 amide bonds. The number of esters is 1. The molecule has 0 atom stereocenters. The molecule has 1 aromatic heterocycles. The zero-order chi connectivity index (χ0) is 19.9. The molecule has 0 saturated heterocycles. The van der Waals surface area contributed by atoms with Crippen molar-refractivity contribution < 1.29 is 32.2 Å². The fourth-order valence-electron chi connectivity index (χ4n) is 2.09. The van der Waals surface area contributed by atoms with E-state index in [0.29, 0.717) is 5.69 Å². The van der Waals surface area contributed by atoms with E-state index in [0.717, 1.165) is 24.2 Å². The number of halogens is 3. The van der Waals surface area contributed by atoms with E-state index in [-0.39, 0.29) is 11.4 Å². The number of hydrogen-bond donors (Lipinski definition) is 1. The Hall–Kier alpha value is -3.10. The maximum atomic E-state index is 12.1. The SMILES string of the molecule is CCc1ccccc1NC(=O)COC(=O)c1ccc(OCC(F)(F)F)nc1. The highest BCUT2D eigenvalue weighted by Gasteiger charge is 2.28. The number of rotatable bonds is 7. The van der Waals surface area contributed by atoms with Gasteiger partial charge in [0.2, 0.25) is 5.88 Å². The first-order chi connectivity index (χ1) is 12.8. The number of hydrogen-bond acceptors (Lipinski definition) is 5. The van der Waals surface area contributed by atoms with Gasteiger partial charge in [-0.25, -0.2) is 9.78 Å². The first kappa shape index (κ1) is 20.2. The standard InChI is InChI=1S/C18H17F3N2O4/c1-2-12-5-3-4-6-14(12)23-15(24)10-26-17(25)13-7-8-16(22-9-13)27-11-18(19,20)21/h3-9H,2,10-11H2,1H3,(H,23,24). The zero-order valence-corrected chi connectivity index (χ0v) is 14.4. The summed E-state index contributed by atoms with van der Waals surface area (Å²) >= 11 is 0. The van der Waals surface area contributed by atoms with E-state index in [9.17, 15) is 22.8 Å². The van der Waals surface area contributed by atoms with Crippen LogP contribution in [0.5, 0.6) is 5.88 Å². The number of pyridine rings is 1. The molecule has 2 aromatic rings. The summed E-state index contributed by atoms with van der Waals surface area (Å²) in [5.41, 5.74) is 1.56. The molecular formula is C18H17F3N2O4. The molecule has 0 aliphatic carbocycles. The Morgan fingerprint density at radius 1 is 1.15 bits per heavy atom. The number of nitrogens with one attached hydrogen (secondary N) is 1. The molecule has 0 aliphatic rings. The van der Waals surface area contributed by atoms with E-state index in [1.165, 1.54) is 6.07 Å². The van der Waals surface area contributed by atoms with Crippen LogP contribution in [0.25, 0.3) is 0 Å². The van der Waals surface area contributed by atoms with Crippen LogP contribution in [0.1, 0.15) is 22.8 Å². The number of ether oxygens (including phenoxy) is 2. The Bertz CT molecular complexity index is 792. The van der Waals surface area contributed by atoms with Gasteiger partial charge in [-0.3, -0.25) is 4.79 Å². The van der Waals surface area contributed by atoms with E-state index in [2.05, 4.69) is 15.0 Å². The van der Waals surface area contributed by atoms with Gasteiger partial charge in [-0.2, -0.15) is 13.2 Å². The summed E-state index contributed by atoms with van der Waals surface area (Å²) < 4.78 is 45.5. The normalized spacial score (nSPS) is 11.0. The topological polar surface area (TPSA) is 77.5 Å². The van der Waals surface area contributed by atoms with Gasteiger partial charge in [0.25, 0.3) is 5.91 Å². The molecule has 1 N–H and O–H groups in total. The summed E-state index contributed by atoms with van der Waals surface area (Å²) in [7, 11) is 0. The minimum atomic E-state index is -4.48. The number of para-hydroxylation sites is 1. The number of nitrogens with zero attached hydrogens (tertiary/aromatic N) is 1.